The summed E-state index contributed by atoms with van der Waals surface area (Å²) >= 11 is 0. The molecule has 0 aromatic rings. The maximum atomic E-state index is 11.4. The number of hydrogen-bond donors (Lipinski definition) is 1. The maximum Gasteiger partial charge on any atom is 0.323 e. The summed E-state index contributed by atoms with van der Waals surface area (Å²) in [5, 5.41) is 3.43. The van der Waals surface area contributed by atoms with Crippen molar-refractivity contribution in [3.05, 3.63) is 0 Å². The van der Waals surface area contributed by atoms with Gasteiger partial charge in [0, 0.05) is 12.5 Å². The second-order valence-corrected chi connectivity index (χ2v) is 5.05. The lowest BCUT2D eigenvalue weighted by Crippen LogP contribution is -2.35. The third kappa shape index (κ3) is 1.54. The van der Waals surface area contributed by atoms with E-state index in [4.69, 9.17) is 4.74 Å². The number of esters is 1. The second-order valence-electron chi connectivity index (χ2n) is 5.05. The lowest BCUT2D eigenvalue weighted by molar-refractivity contribution is -0.142. The summed E-state index contributed by atoms with van der Waals surface area (Å²) in [5.74, 6) is 1.81. The molecular weight excluding hydrogens is 178 g/mol. The summed E-state index contributed by atoms with van der Waals surface area (Å²) in [6.07, 6.45) is 5.07. The summed E-state index contributed by atoms with van der Waals surface area (Å²) < 4.78 is 5.11. The maximum absolute atomic E-state index is 11.4. The number of nitrogens with one attached hydrogen (secondary N) is 1. The van der Waals surface area contributed by atoms with Crippen LogP contribution in [0.1, 0.15) is 32.6 Å². The van der Waals surface area contributed by atoms with E-state index < -0.39 is 0 Å². The van der Waals surface area contributed by atoms with Crippen molar-refractivity contribution in [2.75, 3.05) is 0 Å². The van der Waals surface area contributed by atoms with Crippen molar-refractivity contribution < 1.29 is 9.53 Å². The summed E-state index contributed by atoms with van der Waals surface area (Å²) in [6.45, 7) is 1.96. The Morgan fingerprint density at radius 2 is 2.14 bits per heavy atom. The van der Waals surface area contributed by atoms with Crippen LogP contribution in [0.2, 0.25) is 0 Å². The van der Waals surface area contributed by atoms with Crippen LogP contribution in [0, 0.1) is 11.8 Å². The van der Waals surface area contributed by atoms with Gasteiger partial charge in [0.2, 0.25) is 0 Å². The zero-order valence-electron chi connectivity index (χ0n) is 8.53. The van der Waals surface area contributed by atoms with Gasteiger partial charge in [-0.25, -0.2) is 0 Å². The SMILES string of the molecule is CC1CC(N[C@@H]2C[C@H]2C2CC2)C(=O)O1. The van der Waals surface area contributed by atoms with E-state index in [2.05, 4.69) is 5.32 Å². The number of cyclic esters (lactones) is 1. The van der Waals surface area contributed by atoms with Gasteiger partial charge >= 0.3 is 5.97 Å². The van der Waals surface area contributed by atoms with Crippen molar-refractivity contribution >= 4 is 5.97 Å². The van der Waals surface area contributed by atoms with Crippen LogP contribution in [-0.4, -0.2) is 24.2 Å². The van der Waals surface area contributed by atoms with Gasteiger partial charge in [-0.1, -0.05) is 0 Å². The predicted octanol–water partition coefficient (Wildman–Crippen LogP) is 1.08. The van der Waals surface area contributed by atoms with Crippen LogP contribution >= 0.6 is 0 Å². The average molecular weight is 195 g/mol. The Morgan fingerprint density at radius 1 is 1.36 bits per heavy atom. The van der Waals surface area contributed by atoms with E-state index in [1.54, 1.807) is 0 Å². The van der Waals surface area contributed by atoms with Gasteiger partial charge in [-0.05, 0) is 38.0 Å². The van der Waals surface area contributed by atoms with E-state index in [0.29, 0.717) is 6.04 Å². The molecule has 1 aliphatic heterocycles. The van der Waals surface area contributed by atoms with Crippen molar-refractivity contribution in [1.82, 2.24) is 5.32 Å². The molecule has 4 atom stereocenters. The summed E-state index contributed by atoms with van der Waals surface area (Å²) in [7, 11) is 0. The third-order valence-corrected chi connectivity index (χ3v) is 3.65. The molecule has 1 N–H and O–H groups in total. The Labute approximate surface area is 84.2 Å². The smallest absolute Gasteiger partial charge is 0.323 e. The molecule has 1 saturated heterocycles. The Hall–Kier alpha value is -0.570. The molecule has 0 amide bonds. The van der Waals surface area contributed by atoms with Crippen LogP contribution in [-0.2, 0) is 9.53 Å². The molecule has 3 nitrogen and oxygen atoms in total. The minimum atomic E-state index is -0.0426. The van der Waals surface area contributed by atoms with Gasteiger partial charge in [0.25, 0.3) is 0 Å². The number of carbonyl (C=O) groups is 1. The van der Waals surface area contributed by atoms with Crippen LogP contribution in [0.4, 0.5) is 0 Å². The summed E-state index contributed by atoms with van der Waals surface area (Å²) in [5.41, 5.74) is 0. The van der Waals surface area contributed by atoms with Gasteiger partial charge in [-0.2, -0.15) is 0 Å². The van der Waals surface area contributed by atoms with Crippen molar-refractivity contribution in [3.63, 3.8) is 0 Å². The molecule has 2 aliphatic carbocycles. The minimum absolute atomic E-state index is 0.0150. The highest BCUT2D eigenvalue weighted by Crippen LogP contribution is 2.50. The summed E-state index contributed by atoms with van der Waals surface area (Å²) in [4.78, 5) is 11.4. The van der Waals surface area contributed by atoms with E-state index in [-0.39, 0.29) is 18.1 Å². The molecule has 3 aliphatic rings. The molecule has 2 unspecified atom stereocenters. The Morgan fingerprint density at radius 3 is 2.71 bits per heavy atom. The molecule has 0 spiro atoms. The quantitative estimate of drug-likeness (QED) is 0.685. The van der Waals surface area contributed by atoms with Gasteiger partial charge in [0.1, 0.15) is 12.1 Å². The fourth-order valence-electron chi connectivity index (χ4n) is 2.60. The normalized spacial score (nSPS) is 46.5. The molecule has 78 valence electrons. The van der Waals surface area contributed by atoms with Gasteiger partial charge in [-0.15, -0.1) is 0 Å². The Bertz CT molecular complexity index is 262. The third-order valence-electron chi connectivity index (χ3n) is 3.65. The van der Waals surface area contributed by atoms with Gasteiger partial charge in [-0.3, -0.25) is 4.79 Å². The van der Waals surface area contributed by atoms with Crippen LogP contribution in [0.25, 0.3) is 0 Å². The van der Waals surface area contributed by atoms with E-state index in [9.17, 15) is 4.79 Å². The number of rotatable bonds is 3. The van der Waals surface area contributed by atoms with Gasteiger partial charge in [0.15, 0.2) is 0 Å². The molecule has 3 heteroatoms. The number of ether oxygens (including phenoxy) is 1. The lowest BCUT2D eigenvalue weighted by atomic mass is 10.2. The minimum Gasteiger partial charge on any atom is -0.461 e. The molecule has 0 aromatic carbocycles. The second kappa shape index (κ2) is 2.96. The first-order chi connectivity index (χ1) is 6.74. The molecule has 14 heavy (non-hydrogen) atoms. The topological polar surface area (TPSA) is 38.3 Å². The van der Waals surface area contributed by atoms with Crippen LogP contribution in [0.5, 0.6) is 0 Å². The molecule has 0 radical (unpaired) electrons. The number of hydrogen-bond acceptors (Lipinski definition) is 3. The molecule has 3 fully saturated rings. The van der Waals surface area contributed by atoms with Gasteiger partial charge < -0.3 is 10.1 Å². The molecule has 3 rings (SSSR count). The largest absolute Gasteiger partial charge is 0.461 e. The van der Waals surface area contributed by atoms with Gasteiger partial charge in [0.05, 0.1) is 0 Å². The predicted molar refractivity (Wildman–Crippen MR) is 51.7 cm³/mol. The molecule has 0 bridgehead atoms. The first-order valence-electron chi connectivity index (χ1n) is 5.70. The molecule has 1 heterocycles. The van der Waals surface area contributed by atoms with Crippen molar-refractivity contribution in [3.8, 4) is 0 Å². The van der Waals surface area contributed by atoms with Crippen LogP contribution < -0.4 is 5.32 Å². The Balaban J connectivity index is 1.51. The standard InChI is InChI=1S/C11H17NO2/c1-6-4-10(11(13)14-6)12-9-5-8(9)7-2-3-7/h6-10,12H,2-5H2,1H3/t6?,8-,9+,10?/m0/s1. The van der Waals surface area contributed by atoms with Crippen molar-refractivity contribution in [1.29, 1.82) is 0 Å². The van der Waals surface area contributed by atoms with Crippen LogP contribution in [0.15, 0.2) is 0 Å². The van der Waals surface area contributed by atoms with E-state index in [1.807, 2.05) is 6.92 Å². The lowest BCUT2D eigenvalue weighted by Gasteiger charge is -2.07. The highest BCUT2D eigenvalue weighted by Gasteiger charge is 2.49. The number of carbonyl (C=O) groups excluding carboxylic acids is 1. The molecular formula is C11H17NO2. The average Bonchev–Trinajstić information content (AvgIpc) is 2.95. The van der Waals surface area contributed by atoms with E-state index in [1.165, 1.54) is 19.3 Å². The Kier molecular flexibility index (Phi) is 1.84. The molecule has 0 aromatic heterocycles. The first-order valence-corrected chi connectivity index (χ1v) is 5.70. The zero-order chi connectivity index (χ0) is 9.71. The van der Waals surface area contributed by atoms with Crippen LogP contribution in [0.3, 0.4) is 0 Å². The van der Waals surface area contributed by atoms with E-state index >= 15 is 0 Å². The zero-order valence-corrected chi connectivity index (χ0v) is 8.53. The monoisotopic (exact) mass is 195 g/mol. The fraction of sp³-hybridized carbons (Fsp3) is 0.909. The van der Waals surface area contributed by atoms with Crippen molar-refractivity contribution in [2.24, 2.45) is 11.8 Å². The highest BCUT2D eigenvalue weighted by atomic mass is 16.6. The first kappa shape index (κ1) is 8.72. The van der Waals surface area contributed by atoms with E-state index in [0.717, 1.165) is 18.3 Å². The molecule has 2 saturated carbocycles. The summed E-state index contributed by atoms with van der Waals surface area (Å²) in [6, 6.07) is 0.601. The van der Waals surface area contributed by atoms with Crippen molar-refractivity contribution in [2.45, 2.75) is 50.8 Å². The fourth-order valence-corrected chi connectivity index (χ4v) is 2.60. The highest BCUT2D eigenvalue weighted by molar-refractivity contribution is 5.78.